The lowest BCUT2D eigenvalue weighted by Gasteiger charge is -2.23. The van der Waals surface area contributed by atoms with Gasteiger partial charge < -0.3 is 19.5 Å². The Balaban J connectivity index is 1.58. The zero-order valence-corrected chi connectivity index (χ0v) is 16.8. The molecule has 2 heterocycles. The number of nitrogens with zero attached hydrogens (tertiary/aromatic N) is 2. The summed E-state index contributed by atoms with van der Waals surface area (Å²) in [5.41, 5.74) is 1.92. The van der Waals surface area contributed by atoms with Gasteiger partial charge in [0.05, 0.1) is 5.92 Å². The molecule has 0 bridgehead atoms. The molecule has 0 radical (unpaired) electrons. The van der Waals surface area contributed by atoms with Gasteiger partial charge in [0.2, 0.25) is 5.91 Å². The molecule has 1 aliphatic rings. The number of aryl methyl sites for hydroxylation is 1. The fourth-order valence-corrected chi connectivity index (χ4v) is 3.33. The zero-order valence-electron chi connectivity index (χ0n) is 16.8. The number of anilines is 2. The molecule has 2 amide bonds. The third-order valence-corrected chi connectivity index (χ3v) is 5.07. The lowest BCUT2D eigenvalue weighted by atomic mass is 9.96. The highest BCUT2D eigenvalue weighted by atomic mass is 16.5. The fraction of sp³-hybridized carbons (Fsp3) is 0.429. The Kier molecular flexibility index (Phi) is 6.31. The molecule has 1 aromatic carbocycles. The maximum Gasteiger partial charge on any atom is 0.311 e. The lowest BCUT2D eigenvalue weighted by Crippen LogP contribution is -2.29. The second kappa shape index (κ2) is 8.89. The minimum Gasteiger partial charge on any atom is -0.455 e. The van der Waals surface area contributed by atoms with Crippen LogP contribution >= 0.6 is 0 Å². The molecule has 3 rings (SSSR count). The number of amides is 2. The van der Waals surface area contributed by atoms with Gasteiger partial charge in [0.25, 0.3) is 5.91 Å². The van der Waals surface area contributed by atoms with Crippen LogP contribution in [0, 0.1) is 12.8 Å². The summed E-state index contributed by atoms with van der Waals surface area (Å²) >= 11 is 0. The first-order chi connectivity index (χ1) is 13.9. The zero-order chi connectivity index (χ0) is 21.0. The van der Waals surface area contributed by atoms with Crippen LogP contribution in [0.25, 0.3) is 0 Å². The Morgan fingerprint density at radius 3 is 2.83 bits per heavy atom. The summed E-state index contributed by atoms with van der Waals surface area (Å²) in [7, 11) is 0. The number of benzene rings is 1. The third-order valence-electron chi connectivity index (χ3n) is 5.07. The SMILES string of the molecule is CC[C@H](C)c1ccccc1N1C[C@H](C(=O)OCC(=O)Nc2cc(C)on2)CC1=O. The summed E-state index contributed by atoms with van der Waals surface area (Å²) in [5, 5.41) is 6.12. The second-order valence-corrected chi connectivity index (χ2v) is 7.25. The van der Waals surface area contributed by atoms with Crippen molar-refractivity contribution >= 4 is 29.3 Å². The number of rotatable bonds is 7. The summed E-state index contributed by atoms with van der Waals surface area (Å²) < 4.78 is 9.97. The molecular weight excluding hydrogens is 374 g/mol. The van der Waals surface area contributed by atoms with Gasteiger partial charge >= 0.3 is 5.97 Å². The number of carbonyl (C=O) groups is 3. The van der Waals surface area contributed by atoms with Crippen molar-refractivity contribution in [1.29, 1.82) is 0 Å². The van der Waals surface area contributed by atoms with E-state index in [-0.39, 0.29) is 24.7 Å². The number of esters is 1. The van der Waals surface area contributed by atoms with Crippen LogP contribution in [0.2, 0.25) is 0 Å². The standard InChI is InChI=1S/C21H25N3O5/c1-4-13(2)16-7-5-6-8-17(16)24-11-15(10-20(24)26)21(27)28-12-19(25)22-18-9-14(3)29-23-18/h5-9,13,15H,4,10-12H2,1-3H3,(H,22,23,25)/t13-,15+/m0/s1. The molecule has 1 aromatic heterocycles. The van der Waals surface area contributed by atoms with Crippen LogP contribution in [0.1, 0.15) is 43.9 Å². The topological polar surface area (TPSA) is 102 Å². The van der Waals surface area contributed by atoms with Crippen LogP contribution in [-0.4, -0.2) is 36.1 Å². The van der Waals surface area contributed by atoms with Crippen molar-refractivity contribution in [2.24, 2.45) is 5.92 Å². The van der Waals surface area contributed by atoms with E-state index in [4.69, 9.17) is 9.26 Å². The molecule has 1 fully saturated rings. The van der Waals surface area contributed by atoms with Gasteiger partial charge in [-0.25, -0.2) is 0 Å². The van der Waals surface area contributed by atoms with Gasteiger partial charge in [0, 0.05) is 24.7 Å². The van der Waals surface area contributed by atoms with E-state index in [9.17, 15) is 14.4 Å². The molecule has 8 nitrogen and oxygen atoms in total. The Hall–Kier alpha value is -3.16. The predicted molar refractivity (Wildman–Crippen MR) is 106 cm³/mol. The van der Waals surface area contributed by atoms with E-state index in [1.54, 1.807) is 17.9 Å². The third kappa shape index (κ3) is 4.82. The minimum absolute atomic E-state index is 0.0672. The van der Waals surface area contributed by atoms with Gasteiger partial charge in [-0.1, -0.05) is 37.2 Å². The maximum atomic E-state index is 12.6. The van der Waals surface area contributed by atoms with Crippen molar-refractivity contribution in [2.45, 2.75) is 39.5 Å². The molecule has 1 N–H and O–H groups in total. The van der Waals surface area contributed by atoms with Crippen molar-refractivity contribution in [3.8, 4) is 0 Å². The predicted octanol–water partition coefficient (Wildman–Crippen LogP) is 3.03. The maximum absolute atomic E-state index is 12.6. The monoisotopic (exact) mass is 399 g/mol. The molecule has 29 heavy (non-hydrogen) atoms. The van der Waals surface area contributed by atoms with E-state index in [2.05, 4.69) is 24.3 Å². The van der Waals surface area contributed by atoms with E-state index in [0.29, 0.717) is 11.7 Å². The number of aromatic nitrogens is 1. The van der Waals surface area contributed by atoms with Gasteiger partial charge in [0.1, 0.15) is 5.76 Å². The molecule has 0 spiro atoms. The number of carbonyl (C=O) groups excluding carboxylic acids is 3. The first-order valence-electron chi connectivity index (χ1n) is 9.68. The first kappa shape index (κ1) is 20.6. The quantitative estimate of drug-likeness (QED) is 0.718. The summed E-state index contributed by atoms with van der Waals surface area (Å²) in [4.78, 5) is 38.5. The number of hydrogen-bond donors (Lipinski definition) is 1. The summed E-state index contributed by atoms with van der Waals surface area (Å²) in [6, 6.07) is 9.31. The van der Waals surface area contributed by atoms with Gasteiger partial charge in [-0.15, -0.1) is 0 Å². The Bertz CT molecular complexity index is 907. The van der Waals surface area contributed by atoms with Crippen molar-refractivity contribution in [3.63, 3.8) is 0 Å². The Morgan fingerprint density at radius 2 is 2.14 bits per heavy atom. The highest BCUT2D eigenvalue weighted by molar-refractivity contribution is 6.00. The van der Waals surface area contributed by atoms with Crippen molar-refractivity contribution in [3.05, 3.63) is 41.7 Å². The van der Waals surface area contributed by atoms with Crippen LogP contribution in [0.15, 0.2) is 34.9 Å². The molecule has 0 unspecified atom stereocenters. The number of hydrogen-bond acceptors (Lipinski definition) is 6. The van der Waals surface area contributed by atoms with Crippen LogP contribution < -0.4 is 10.2 Å². The number of ether oxygens (including phenoxy) is 1. The smallest absolute Gasteiger partial charge is 0.311 e. The molecule has 154 valence electrons. The molecule has 8 heteroatoms. The highest BCUT2D eigenvalue weighted by Crippen LogP contribution is 2.33. The largest absolute Gasteiger partial charge is 0.455 e. The highest BCUT2D eigenvalue weighted by Gasteiger charge is 2.37. The lowest BCUT2D eigenvalue weighted by molar-refractivity contribution is -0.151. The van der Waals surface area contributed by atoms with Crippen molar-refractivity contribution in [2.75, 3.05) is 23.4 Å². The molecule has 0 saturated carbocycles. The van der Waals surface area contributed by atoms with Crippen molar-refractivity contribution < 1.29 is 23.6 Å². The van der Waals surface area contributed by atoms with Crippen LogP contribution in [0.5, 0.6) is 0 Å². The minimum atomic E-state index is -0.602. The average Bonchev–Trinajstić information content (AvgIpc) is 3.30. The molecular formula is C21H25N3O5. The number of para-hydroxylation sites is 1. The molecule has 2 atom stereocenters. The van der Waals surface area contributed by atoms with Crippen LogP contribution in [0.3, 0.4) is 0 Å². The van der Waals surface area contributed by atoms with Gasteiger partial charge in [-0.3, -0.25) is 14.4 Å². The van der Waals surface area contributed by atoms with Gasteiger partial charge in [0.15, 0.2) is 12.4 Å². The van der Waals surface area contributed by atoms with E-state index in [1.165, 1.54) is 0 Å². The summed E-state index contributed by atoms with van der Waals surface area (Å²) in [6.45, 7) is 5.71. The van der Waals surface area contributed by atoms with Crippen molar-refractivity contribution in [1.82, 2.24) is 5.16 Å². The fourth-order valence-electron chi connectivity index (χ4n) is 3.33. The Labute approximate surface area is 169 Å². The molecule has 2 aromatic rings. The van der Waals surface area contributed by atoms with E-state index in [0.717, 1.165) is 17.7 Å². The second-order valence-electron chi connectivity index (χ2n) is 7.25. The van der Waals surface area contributed by atoms with Crippen LogP contribution in [-0.2, 0) is 19.1 Å². The molecule has 1 saturated heterocycles. The van der Waals surface area contributed by atoms with Gasteiger partial charge in [-0.2, -0.15) is 0 Å². The number of nitrogens with one attached hydrogen (secondary N) is 1. The van der Waals surface area contributed by atoms with E-state index >= 15 is 0 Å². The average molecular weight is 399 g/mol. The van der Waals surface area contributed by atoms with Crippen LogP contribution in [0.4, 0.5) is 11.5 Å². The Morgan fingerprint density at radius 1 is 1.38 bits per heavy atom. The summed E-state index contributed by atoms with van der Waals surface area (Å²) in [6.07, 6.45) is 1.02. The molecule has 0 aliphatic carbocycles. The van der Waals surface area contributed by atoms with E-state index in [1.807, 2.05) is 24.3 Å². The van der Waals surface area contributed by atoms with Gasteiger partial charge in [-0.05, 0) is 30.9 Å². The normalized spacial score (nSPS) is 17.3. The van der Waals surface area contributed by atoms with E-state index < -0.39 is 24.4 Å². The molecule has 1 aliphatic heterocycles. The first-order valence-corrected chi connectivity index (χ1v) is 9.68. The summed E-state index contributed by atoms with van der Waals surface area (Å²) in [5.74, 6) is -0.691.